The first-order valence-corrected chi connectivity index (χ1v) is 5.68. The quantitative estimate of drug-likeness (QED) is 0.583. The van der Waals surface area contributed by atoms with Crippen LogP contribution < -0.4 is 0 Å². The number of carboxylic acids is 1. The van der Waals surface area contributed by atoms with Gasteiger partial charge in [0.2, 0.25) is 5.76 Å². The summed E-state index contributed by atoms with van der Waals surface area (Å²) in [6, 6.07) is 3.20. The highest BCUT2D eigenvalue weighted by Gasteiger charge is 2.08. The van der Waals surface area contributed by atoms with Crippen LogP contribution in [0.1, 0.15) is 36.7 Å². The van der Waals surface area contributed by atoms with Gasteiger partial charge in [0.1, 0.15) is 0 Å². The highest BCUT2D eigenvalue weighted by atomic mass is 32.2. The van der Waals surface area contributed by atoms with E-state index in [0.717, 1.165) is 12.2 Å². The number of hydrogen-bond acceptors (Lipinski definition) is 3. The molecule has 4 heteroatoms. The maximum Gasteiger partial charge on any atom is 0.371 e. The molecule has 0 aromatic carbocycles. The molecule has 0 unspecified atom stereocenters. The SMILES string of the molecule is CCCCCSc1ccc(C(=O)O)o1. The van der Waals surface area contributed by atoms with Gasteiger partial charge in [-0.1, -0.05) is 31.5 Å². The summed E-state index contributed by atoms with van der Waals surface area (Å²) in [6.45, 7) is 2.15. The summed E-state index contributed by atoms with van der Waals surface area (Å²) in [5.41, 5.74) is 0. The normalized spacial score (nSPS) is 10.4. The Balaban J connectivity index is 2.33. The van der Waals surface area contributed by atoms with E-state index in [0.29, 0.717) is 5.09 Å². The second-order valence-electron chi connectivity index (χ2n) is 2.98. The van der Waals surface area contributed by atoms with Gasteiger partial charge in [0, 0.05) is 5.75 Å². The molecule has 0 spiro atoms. The largest absolute Gasteiger partial charge is 0.475 e. The van der Waals surface area contributed by atoms with Gasteiger partial charge in [0.25, 0.3) is 0 Å². The van der Waals surface area contributed by atoms with Crippen LogP contribution >= 0.6 is 11.8 Å². The first-order valence-electron chi connectivity index (χ1n) is 4.70. The molecule has 1 heterocycles. The minimum atomic E-state index is -1.01. The Bertz CT molecular complexity index is 293. The summed E-state index contributed by atoms with van der Waals surface area (Å²) < 4.78 is 5.09. The van der Waals surface area contributed by atoms with Crippen molar-refractivity contribution in [1.29, 1.82) is 0 Å². The second kappa shape index (κ2) is 5.75. The van der Waals surface area contributed by atoms with E-state index in [1.54, 1.807) is 17.8 Å². The third-order valence-corrected chi connectivity index (χ3v) is 2.78. The maximum atomic E-state index is 10.5. The number of thioether (sulfide) groups is 1. The van der Waals surface area contributed by atoms with E-state index in [1.165, 1.54) is 18.9 Å². The fraction of sp³-hybridized carbons (Fsp3) is 0.500. The van der Waals surface area contributed by atoms with Gasteiger partial charge in [-0.25, -0.2) is 4.79 Å². The van der Waals surface area contributed by atoms with Crippen LogP contribution in [0.15, 0.2) is 21.6 Å². The van der Waals surface area contributed by atoms with Crippen molar-refractivity contribution < 1.29 is 14.3 Å². The minimum Gasteiger partial charge on any atom is -0.475 e. The highest BCUT2D eigenvalue weighted by molar-refractivity contribution is 7.99. The molecule has 0 bridgehead atoms. The van der Waals surface area contributed by atoms with Crippen LogP contribution in [0.4, 0.5) is 0 Å². The van der Waals surface area contributed by atoms with Crippen molar-refractivity contribution in [3.05, 3.63) is 17.9 Å². The Morgan fingerprint density at radius 3 is 2.86 bits per heavy atom. The molecule has 14 heavy (non-hydrogen) atoms. The molecule has 78 valence electrons. The zero-order chi connectivity index (χ0) is 10.4. The summed E-state index contributed by atoms with van der Waals surface area (Å²) in [4.78, 5) is 10.5. The van der Waals surface area contributed by atoms with Crippen molar-refractivity contribution in [1.82, 2.24) is 0 Å². The lowest BCUT2D eigenvalue weighted by Gasteiger charge is -1.95. The first-order chi connectivity index (χ1) is 6.74. The smallest absolute Gasteiger partial charge is 0.371 e. The lowest BCUT2D eigenvalue weighted by molar-refractivity contribution is 0.0656. The Labute approximate surface area is 87.5 Å². The lowest BCUT2D eigenvalue weighted by atomic mass is 10.3. The van der Waals surface area contributed by atoms with Crippen molar-refractivity contribution in [3.63, 3.8) is 0 Å². The predicted octanol–water partition coefficient (Wildman–Crippen LogP) is 3.26. The highest BCUT2D eigenvalue weighted by Crippen LogP contribution is 2.22. The molecule has 0 saturated heterocycles. The number of aromatic carboxylic acids is 1. The van der Waals surface area contributed by atoms with Crippen LogP contribution in [-0.2, 0) is 0 Å². The van der Waals surface area contributed by atoms with E-state index in [1.807, 2.05) is 0 Å². The lowest BCUT2D eigenvalue weighted by Crippen LogP contribution is -1.91. The van der Waals surface area contributed by atoms with E-state index in [9.17, 15) is 4.79 Å². The van der Waals surface area contributed by atoms with Crippen molar-refractivity contribution in [2.75, 3.05) is 5.75 Å². The molecule has 0 fully saturated rings. The van der Waals surface area contributed by atoms with E-state index in [4.69, 9.17) is 9.52 Å². The summed E-state index contributed by atoms with van der Waals surface area (Å²) in [5, 5.41) is 9.30. The monoisotopic (exact) mass is 214 g/mol. The molecule has 1 aromatic heterocycles. The predicted molar refractivity (Wildman–Crippen MR) is 55.9 cm³/mol. The number of unbranched alkanes of at least 4 members (excludes halogenated alkanes) is 2. The average Bonchev–Trinajstić information content (AvgIpc) is 2.61. The Hall–Kier alpha value is -0.900. The van der Waals surface area contributed by atoms with Gasteiger partial charge in [-0.3, -0.25) is 0 Å². The molecule has 0 saturated carbocycles. The maximum absolute atomic E-state index is 10.5. The molecule has 1 N–H and O–H groups in total. The summed E-state index contributed by atoms with van der Waals surface area (Å²) >= 11 is 1.57. The summed E-state index contributed by atoms with van der Waals surface area (Å²) in [6.07, 6.45) is 3.54. The van der Waals surface area contributed by atoms with Gasteiger partial charge in [-0.05, 0) is 18.6 Å². The van der Waals surface area contributed by atoms with Crippen molar-refractivity contribution in [2.45, 2.75) is 31.3 Å². The summed E-state index contributed by atoms with van der Waals surface area (Å²) in [7, 11) is 0. The van der Waals surface area contributed by atoms with Gasteiger partial charge < -0.3 is 9.52 Å². The van der Waals surface area contributed by atoms with Gasteiger partial charge in [-0.2, -0.15) is 0 Å². The van der Waals surface area contributed by atoms with Crippen LogP contribution in [0.3, 0.4) is 0 Å². The Morgan fingerprint density at radius 1 is 1.50 bits per heavy atom. The second-order valence-corrected chi connectivity index (χ2v) is 4.08. The van der Waals surface area contributed by atoms with Crippen LogP contribution in [0.2, 0.25) is 0 Å². The third kappa shape index (κ3) is 3.46. The van der Waals surface area contributed by atoms with E-state index in [2.05, 4.69) is 6.92 Å². The van der Waals surface area contributed by atoms with Crippen molar-refractivity contribution >= 4 is 17.7 Å². The molecule has 0 radical (unpaired) electrons. The molecular formula is C10H14O3S. The minimum absolute atomic E-state index is 0.0167. The summed E-state index contributed by atoms with van der Waals surface area (Å²) in [5.74, 6) is -0.00570. The third-order valence-electron chi connectivity index (χ3n) is 1.78. The molecule has 0 amide bonds. The average molecular weight is 214 g/mol. The van der Waals surface area contributed by atoms with E-state index in [-0.39, 0.29) is 5.76 Å². The number of carbonyl (C=O) groups is 1. The van der Waals surface area contributed by atoms with Gasteiger partial charge in [0.15, 0.2) is 5.09 Å². The fourth-order valence-corrected chi connectivity index (χ4v) is 1.90. The number of carboxylic acid groups (broad SMARTS) is 1. The van der Waals surface area contributed by atoms with Crippen LogP contribution in [0.25, 0.3) is 0 Å². The number of furan rings is 1. The first kappa shape index (κ1) is 11.2. The van der Waals surface area contributed by atoms with E-state index < -0.39 is 5.97 Å². The molecule has 0 aliphatic rings. The van der Waals surface area contributed by atoms with Gasteiger partial charge in [0.05, 0.1) is 0 Å². The van der Waals surface area contributed by atoms with Crippen LogP contribution in [0.5, 0.6) is 0 Å². The zero-order valence-corrected chi connectivity index (χ0v) is 8.97. The standard InChI is InChI=1S/C10H14O3S/c1-2-3-4-7-14-9-6-5-8(13-9)10(11)12/h5-6H,2-4,7H2,1H3,(H,11,12). The molecule has 0 atom stereocenters. The van der Waals surface area contributed by atoms with Crippen LogP contribution in [-0.4, -0.2) is 16.8 Å². The van der Waals surface area contributed by atoms with Gasteiger partial charge in [-0.15, -0.1) is 0 Å². The molecular weight excluding hydrogens is 200 g/mol. The number of hydrogen-bond donors (Lipinski definition) is 1. The fourth-order valence-electron chi connectivity index (χ4n) is 1.04. The van der Waals surface area contributed by atoms with Gasteiger partial charge >= 0.3 is 5.97 Å². The topological polar surface area (TPSA) is 50.4 Å². The Morgan fingerprint density at radius 2 is 2.29 bits per heavy atom. The van der Waals surface area contributed by atoms with Crippen LogP contribution in [0, 0.1) is 0 Å². The Kier molecular flexibility index (Phi) is 4.59. The zero-order valence-electron chi connectivity index (χ0n) is 8.16. The molecule has 3 nitrogen and oxygen atoms in total. The molecule has 1 aromatic rings. The molecule has 0 aliphatic heterocycles. The molecule has 0 aliphatic carbocycles. The molecule has 1 rings (SSSR count). The van der Waals surface area contributed by atoms with Crippen molar-refractivity contribution in [2.24, 2.45) is 0 Å². The van der Waals surface area contributed by atoms with E-state index >= 15 is 0 Å². The van der Waals surface area contributed by atoms with Crippen molar-refractivity contribution in [3.8, 4) is 0 Å². The number of rotatable bonds is 6.